The number of nitrogens with one attached hydrogen (secondary N) is 2. The van der Waals surface area contributed by atoms with Crippen molar-refractivity contribution in [2.24, 2.45) is 0 Å². The van der Waals surface area contributed by atoms with Gasteiger partial charge >= 0.3 is 12.1 Å². The molecule has 20 heavy (non-hydrogen) atoms. The highest BCUT2D eigenvalue weighted by Crippen LogP contribution is 2.26. The lowest BCUT2D eigenvalue weighted by atomic mass is 10.2. The quantitative estimate of drug-likeness (QED) is 0.705. The number of amides is 1. The highest BCUT2D eigenvalue weighted by atomic mass is 19.4. The highest BCUT2D eigenvalue weighted by molar-refractivity contribution is 5.93. The molecular weight excluding hydrogens is 281 g/mol. The molecule has 1 heterocycles. The molecule has 0 aliphatic heterocycles. The molecule has 0 fully saturated rings. The van der Waals surface area contributed by atoms with Gasteiger partial charge in [0, 0.05) is 13.0 Å². The van der Waals surface area contributed by atoms with Crippen LogP contribution in [0.5, 0.6) is 0 Å². The minimum atomic E-state index is -4.70. The summed E-state index contributed by atoms with van der Waals surface area (Å²) in [6, 6.07) is 1.36. The number of carboxylic acid groups (broad SMARTS) is 1. The summed E-state index contributed by atoms with van der Waals surface area (Å²) in [6.07, 6.45) is -4.71. The average molecular weight is 292 g/mol. The van der Waals surface area contributed by atoms with E-state index in [4.69, 9.17) is 5.11 Å². The summed E-state index contributed by atoms with van der Waals surface area (Å²) < 4.78 is 36.9. The zero-order chi connectivity index (χ0) is 15.3. The van der Waals surface area contributed by atoms with Crippen molar-refractivity contribution in [1.29, 1.82) is 0 Å². The number of pyridine rings is 1. The van der Waals surface area contributed by atoms with Crippen LogP contribution in [0, 0.1) is 0 Å². The SMILES string of the molecule is O=C(O)CCCNC(=O)c1ccc(C(F)(F)F)[nH]c1=O. The van der Waals surface area contributed by atoms with E-state index in [1.807, 2.05) is 0 Å². The van der Waals surface area contributed by atoms with Crippen molar-refractivity contribution < 1.29 is 27.9 Å². The Labute approximate surface area is 110 Å². The number of hydrogen-bond acceptors (Lipinski definition) is 3. The summed E-state index contributed by atoms with van der Waals surface area (Å²) in [5.41, 5.74) is -2.87. The predicted octanol–water partition coefficient (Wildman–Crippen LogP) is 0.988. The second-order valence-electron chi connectivity index (χ2n) is 3.87. The summed E-state index contributed by atoms with van der Waals surface area (Å²) in [5, 5.41) is 10.6. The number of halogens is 3. The Balaban J connectivity index is 2.70. The molecule has 0 bridgehead atoms. The zero-order valence-corrected chi connectivity index (χ0v) is 10.1. The average Bonchev–Trinajstić information content (AvgIpc) is 2.32. The largest absolute Gasteiger partial charge is 0.481 e. The van der Waals surface area contributed by atoms with Gasteiger partial charge in [-0.15, -0.1) is 0 Å². The highest BCUT2D eigenvalue weighted by Gasteiger charge is 2.32. The molecule has 0 spiro atoms. The second-order valence-corrected chi connectivity index (χ2v) is 3.87. The van der Waals surface area contributed by atoms with Crippen molar-refractivity contribution in [3.63, 3.8) is 0 Å². The first kappa shape index (κ1) is 15.7. The van der Waals surface area contributed by atoms with Gasteiger partial charge in [-0.1, -0.05) is 0 Å². The van der Waals surface area contributed by atoms with Crippen LogP contribution in [0.25, 0.3) is 0 Å². The first-order chi connectivity index (χ1) is 9.21. The van der Waals surface area contributed by atoms with Crippen molar-refractivity contribution >= 4 is 11.9 Å². The van der Waals surface area contributed by atoms with Crippen LogP contribution >= 0.6 is 0 Å². The molecule has 1 aromatic heterocycles. The van der Waals surface area contributed by atoms with Crippen LogP contribution in [0.1, 0.15) is 28.9 Å². The third kappa shape index (κ3) is 4.41. The summed E-state index contributed by atoms with van der Waals surface area (Å²) in [6.45, 7) is 0.00555. The van der Waals surface area contributed by atoms with Crippen molar-refractivity contribution in [3.05, 3.63) is 33.7 Å². The maximum Gasteiger partial charge on any atom is 0.431 e. The van der Waals surface area contributed by atoms with Crippen LogP contribution in [0.4, 0.5) is 13.2 Å². The smallest absolute Gasteiger partial charge is 0.431 e. The number of H-pyrrole nitrogens is 1. The molecule has 9 heteroatoms. The Kier molecular flexibility index (Phi) is 4.89. The van der Waals surface area contributed by atoms with Crippen LogP contribution in [0.3, 0.4) is 0 Å². The zero-order valence-electron chi connectivity index (χ0n) is 10.1. The topological polar surface area (TPSA) is 99.3 Å². The fraction of sp³-hybridized carbons (Fsp3) is 0.364. The van der Waals surface area contributed by atoms with E-state index in [2.05, 4.69) is 5.32 Å². The second kappa shape index (κ2) is 6.22. The molecule has 0 saturated heterocycles. The molecule has 3 N–H and O–H groups in total. The molecule has 0 aromatic carbocycles. The van der Waals surface area contributed by atoms with E-state index in [1.165, 1.54) is 0 Å². The van der Waals surface area contributed by atoms with Gasteiger partial charge in [0.1, 0.15) is 11.3 Å². The summed E-state index contributed by atoms with van der Waals surface area (Å²) in [4.78, 5) is 34.7. The third-order valence-electron chi connectivity index (χ3n) is 2.31. The van der Waals surface area contributed by atoms with E-state index >= 15 is 0 Å². The maximum absolute atomic E-state index is 12.3. The Morgan fingerprint density at radius 1 is 1.30 bits per heavy atom. The van der Waals surface area contributed by atoms with Gasteiger partial charge in [-0.25, -0.2) is 0 Å². The number of hydrogen-bond donors (Lipinski definition) is 3. The molecule has 6 nitrogen and oxygen atoms in total. The van der Waals surface area contributed by atoms with Crippen molar-refractivity contribution in [1.82, 2.24) is 10.3 Å². The summed E-state index contributed by atoms with van der Waals surface area (Å²) >= 11 is 0. The fourth-order valence-corrected chi connectivity index (χ4v) is 1.35. The van der Waals surface area contributed by atoms with E-state index in [-0.39, 0.29) is 19.4 Å². The van der Waals surface area contributed by atoms with Gasteiger partial charge in [0.2, 0.25) is 0 Å². The van der Waals surface area contributed by atoms with Crippen LogP contribution in [0.15, 0.2) is 16.9 Å². The minimum Gasteiger partial charge on any atom is -0.481 e. The molecule has 1 amide bonds. The maximum atomic E-state index is 12.3. The van der Waals surface area contributed by atoms with E-state index in [0.717, 1.165) is 6.07 Å². The number of carbonyl (C=O) groups excluding carboxylic acids is 1. The molecule has 0 saturated carbocycles. The van der Waals surface area contributed by atoms with Crippen molar-refractivity contribution in [3.8, 4) is 0 Å². The summed E-state index contributed by atoms with van der Waals surface area (Å²) in [7, 11) is 0. The first-order valence-electron chi connectivity index (χ1n) is 5.52. The fourth-order valence-electron chi connectivity index (χ4n) is 1.35. The molecule has 0 aliphatic carbocycles. The lowest BCUT2D eigenvalue weighted by molar-refractivity contribution is -0.141. The number of aromatic amines is 1. The number of rotatable bonds is 5. The van der Waals surface area contributed by atoms with E-state index in [0.29, 0.717) is 6.07 Å². The van der Waals surface area contributed by atoms with E-state index in [1.54, 1.807) is 4.98 Å². The number of aliphatic carboxylic acids is 1. The Hall–Kier alpha value is -2.32. The summed E-state index contributed by atoms with van der Waals surface area (Å²) in [5.74, 6) is -1.89. The predicted molar refractivity (Wildman–Crippen MR) is 61.3 cm³/mol. The van der Waals surface area contributed by atoms with Gasteiger partial charge in [0.25, 0.3) is 11.5 Å². The van der Waals surface area contributed by atoms with Crippen LogP contribution < -0.4 is 10.9 Å². The van der Waals surface area contributed by atoms with Crippen LogP contribution in [0.2, 0.25) is 0 Å². The van der Waals surface area contributed by atoms with Crippen LogP contribution in [-0.2, 0) is 11.0 Å². The number of alkyl halides is 3. The van der Waals surface area contributed by atoms with Gasteiger partial charge < -0.3 is 15.4 Å². The molecule has 0 radical (unpaired) electrons. The van der Waals surface area contributed by atoms with Gasteiger partial charge in [0.15, 0.2) is 0 Å². The monoisotopic (exact) mass is 292 g/mol. The van der Waals surface area contributed by atoms with E-state index in [9.17, 15) is 27.6 Å². The standard InChI is InChI=1S/C11H11F3N2O4/c12-11(13,14)7-4-3-6(10(20)16-7)9(19)15-5-1-2-8(17)18/h3-4H,1-2,5H2,(H,15,19)(H,16,20)(H,17,18). The molecule has 110 valence electrons. The van der Waals surface area contributed by atoms with Gasteiger partial charge in [0.05, 0.1) is 0 Å². The Morgan fingerprint density at radius 3 is 2.45 bits per heavy atom. The van der Waals surface area contributed by atoms with Crippen molar-refractivity contribution in [2.45, 2.75) is 19.0 Å². The lowest BCUT2D eigenvalue weighted by Crippen LogP contribution is -2.31. The van der Waals surface area contributed by atoms with Gasteiger partial charge in [-0.2, -0.15) is 13.2 Å². The van der Waals surface area contributed by atoms with E-state index < -0.39 is 34.9 Å². The Bertz CT molecular complexity index is 566. The molecule has 0 atom stereocenters. The Morgan fingerprint density at radius 2 is 1.95 bits per heavy atom. The number of carbonyl (C=O) groups is 2. The van der Waals surface area contributed by atoms with Gasteiger partial charge in [-0.05, 0) is 18.6 Å². The normalized spacial score (nSPS) is 11.2. The van der Waals surface area contributed by atoms with Crippen molar-refractivity contribution in [2.75, 3.05) is 6.54 Å². The molecule has 0 unspecified atom stereocenters. The molecule has 1 rings (SSSR count). The number of aromatic nitrogens is 1. The first-order valence-corrected chi connectivity index (χ1v) is 5.52. The lowest BCUT2D eigenvalue weighted by Gasteiger charge is -2.07. The molecule has 0 aliphatic rings. The third-order valence-corrected chi connectivity index (χ3v) is 2.31. The molecule has 1 aromatic rings. The number of carboxylic acids is 1. The van der Waals surface area contributed by atoms with Gasteiger partial charge in [-0.3, -0.25) is 14.4 Å². The molecular formula is C11H11F3N2O4. The van der Waals surface area contributed by atoms with Crippen LogP contribution in [-0.4, -0.2) is 28.5 Å². The minimum absolute atomic E-state index is 0.00555.